The summed E-state index contributed by atoms with van der Waals surface area (Å²) in [6.45, 7) is 0. The zero-order valence-electron chi connectivity index (χ0n) is 7.23. The highest BCUT2D eigenvalue weighted by Crippen LogP contribution is 2.33. The molecule has 1 aromatic heterocycles. The average Bonchev–Trinajstić information content (AvgIpc) is 2.17. The van der Waals surface area contributed by atoms with Crippen molar-refractivity contribution in [2.45, 2.75) is 11.8 Å². The van der Waals surface area contributed by atoms with E-state index in [0.717, 1.165) is 0 Å². The van der Waals surface area contributed by atoms with Gasteiger partial charge in [-0.25, -0.2) is 13.8 Å². The van der Waals surface area contributed by atoms with Gasteiger partial charge in [-0.2, -0.15) is 0 Å². The fourth-order valence-corrected chi connectivity index (χ4v) is 2.79. The molecule has 0 bridgehead atoms. The summed E-state index contributed by atoms with van der Waals surface area (Å²) < 4.78 is 30.9. The van der Waals surface area contributed by atoms with E-state index in [0.29, 0.717) is 14.5 Å². The summed E-state index contributed by atoms with van der Waals surface area (Å²) in [6.07, 6.45) is -1.05. The van der Waals surface area contributed by atoms with Crippen molar-refractivity contribution < 1.29 is 13.5 Å². The summed E-state index contributed by atoms with van der Waals surface area (Å²) in [5, 5.41) is 0.365. The van der Waals surface area contributed by atoms with E-state index in [1.807, 2.05) is 22.6 Å². The molecule has 0 fully saturated rings. The number of aromatic nitrogens is 1. The first-order valence-corrected chi connectivity index (χ1v) is 5.87. The minimum absolute atomic E-state index is 0.00475. The fourth-order valence-electron chi connectivity index (χ4n) is 1.04. The molecule has 0 amide bonds. The van der Waals surface area contributed by atoms with Crippen LogP contribution in [0.15, 0.2) is 6.20 Å². The lowest BCUT2D eigenvalue weighted by Crippen LogP contribution is -2.02. The molecule has 0 radical (unpaired) electrons. The first-order valence-electron chi connectivity index (χ1n) is 3.67. The van der Waals surface area contributed by atoms with Crippen LogP contribution in [-0.4, -0.2) is 12.1 Å². The Morgan fingerprint density at radius 3 is 2.71 bits per heavy atom. The van der Waals surface area contributed by atoms with E-state index in [1.54, 1.807) is 0 Å². The normalized spacial score (nSPS) is 10.7. The van der Waals surface area contributed by atoms with Crippen LogP contribution in [0.5, 0.6) is 5.88 Å². The van der Waals surface area contributed by atoms with Gasteiger partial charge in [-0.1, -0.05) is 15.9 Å². The van der Waals surface area contributed by atoms with Crippen molar-refractivity contribution in [2.24, 2.45) is 0 Å². The molecule has 78 valence electrons. The Hall–Kier alpha value is 0.0200. The molecule has 0 unspecified atom stereocenters. The number of nitrogens with zero attached hydrogens (tertiary/aromatic N) is 1. The zero-order valence-corrected chi connectivity index (χ0v) is 11.0. The number of halogens is 4. The van der Waals surface area contributed by atoms with Gasteiger partial charge in [0.2, 0.25) is 5.88 Å². The van der Waals surface area contributed by atoms with Crippen molar-refractivity contribution in [3.05, 3.63) is 20.9 Å². The van der Waals surface area contributed by atoms with Gasteiger partial charge in [-0.3, -0.25) is 0 Å². The van der Waals surface area contributed by atoms with E-state index >= 15 is 0 Å². The molecule has 1 aromatic rings. The SMILES string of the molecule is COc1ncc(I)c(CBr)c1C(F)F. The lowest BCUT2D eigenvalue weighted by Gasteiger charge is -2.11. The number of ether oxygens (including phenoxy) is 1. The van der Waals surface area contributed by atoms with Crippen LogP contribution in [0, 0.1) is 3.57 Å². The van der Waals surface area contributed by atoms with Gasteiger partial charge in [0.1, 0.15) is 0 Å². The molecule has 6 heteroatoms. The van der Waals surface area contributed by atoms with E-state index in [4.69, 9.17) is 4.74 Å². The molecule has 1 rings (SSSR count). The highest BCUT2D eigenvalue weighted by molar-refractivity contribution is 14.1. The second-order valence-electron chi connectivity index (χ2n) is 2.44. The molecule has 0 N–H and O–H groups in total. The topological polar surface area (TPSA) is 22.1 Å². The Balaban J connectivity index is 3.36. The number of pyridine rings is 1. The summed E-state index contributed by atoms with van der Waals surface area (Å²) in [4.78, 5) is 3.80. The Morgan fingerprint density at radius 1 is 1.64 bits per heavy atom. The maximum Gasteiger partial charge on any atom is 0.269 e. The number of alkyl halides is 3. The summed E-state index contributed by atoms with van der Waals surface area (Å²) >= 11 is 5.14. The van der Waals surface area contributed by atoms with Crippen molar-refractivity contribution in [2.75, 3.05) is 7.11 Å². The van der Waals surface area contributed by atoms with Crippen LogP contribution in [0.3, 0.4) is 0 Å². The molecule has 0 atom stereocenters. The minimum atomic E-state index is -2.57. The Labute approximate surface area is 102 Å². The summed E-state index contributed by atoms with van der Waals surface area (Å²) in [5.74, 6) is -0.00475. The first-order chi connectivity index (χ1) is 6.61. The predicted molar refractivity (Wildman–Crippen MR) is 61.1 cm³/mol. The first kappa shape index (κ1) is 12.1. The summed E-state index contributed by atoms with van der Waals surface area (Å²) in [7, 11) is 1.33. The van der Waals surface area contributed by atoms with E-state index in [1.165, 1.54) is 13.3 Å². The largest absolute Gasteiger partial charge is 0.481 e. The van der Waals surface area contributed by atoms with Gasteiger partial charge in [0.05, 0.1) is 12.7 Å². The lowest BCUT2D eigenvalue weighted by molar-refractivity contribution is 0.145. The van der Waals surface area contributed by atoms with Crippen molar-refractivity contribution in [1.29, 1.82) is 0 Å². The van der Waals surface area contributed by atoms with Crippen LogP contribution in [-0.2, 0) is 5.33 Å². The molecule has 1 heterocycles. The average molecular weight is 378 g/mol. The van der Waals surface area contributed by atoms with Crippen LogP contribution in [0.4, 0.5) is 8.78 Å². The number of hydrogen-bond acceptors (Lipinski definition) is 2. The van der Waals surface area contributed by atoms with Gasteiger partial charge in [-0.15, -0.1) is 0 Å². The molecule has 2 nitrogen and oxygen atoms in total. The van der Waals surface area contributed by atoms with Gasteiger partial charge in [0.15, 0.2) is 0 Å². The number of rotatable bonds is 3. The molecule has 0 spiro atoms. The highest BCUT2D eigenvalue weighted by Gasteiger charge is 2.21. The second kappa shape index (κ2) is 5.20. The molecule has 0 aliphatic carbocycles. The smallest absolute Gasteiger partial charge is 0.269 e. The van der Waals surface area contributed by atoms with E-state index in [9.17, 15) is 8.78 Å². The standard InChI is InChI=1S/C8H7BrF2INO/c1-14-8-6(7(10)11)4(2-9)5(12)3-13-8/h3,7H,2H2,1H3. The summed E-state index contributed by atoms with van der Waals surface area (Å²) in [5.41, 5.74) is 0.406. The third-order valence-corrected chi connectivity index (χ3v) is 3.17. The zero-order chi connectivity index (χ0) is 10.7. The fraction of sp³-hybridized carbons (Fsp3) is 0.375. The molecular formula is C8H7BrF2INO. The Kier molecular flexibility index (Phi) is 4.49. The van der Waals surface area contributed by atoms with Crippen LogP contribution < -0.4 is 4.74 Å². The van der Waals surface area contributed by atoms with Gasteiger partial charge in [-0.05, 0) is 28.2 Å². The number of hydrogen-bond donors (Lipinski definition) is 0. The second-order valence-corrected chi connectivity index (χ2v) is 4.16. The molecule has 14 heavy (non-hydrogen) atoms. The van der Waals surface area contributed by atoms with E-state index < -0.39 is 6.43 Å². The van der Waals surface area contributed by atoms with Gasteiger partial charge >= 0.3 is 0 Å². The Morgan fingerprint density at radius 2 is 2.29 bits per heavy atom. The highest BCUT2D eigenvalue weighted by atomic mass is 127. The monoisotopic (exact) mass is 377 g/mol. The van der Waals surface area contributed by atoms with Gasteiger partial charge < -0.3 is 4.74 Å². The Bertz CT molecular complexity index is 335. The molecular weight excluding hydrogens is 371 g/mol. The predicted octanol–water partition coefficient (Wildman–Crippen LogP) is 3.53. The number of methoxy groups -OCH3 is 1. The van der Waals surface area contributed by atoms with E-state index in [-0.39, 0.29) is 11.4 Å². The lowest BCUT2D eigenvalue weighted by atomic mass is 10.1. The van der Waals surface area contributed by atoms with Gasteiger partial charge in [0.25, 0.3) is 6.43 Å². The summed E-state index contributed by atoms with van der Waals surface area (Å²) in [6, 6.07) is 0. The van der Waals surface area contributed by atoms with Crippen molar-refractivity contribution in [3.63, 3.8) is 0 Å². The molecule has 0 saturated heterocycles. The van der Waals surface area contributed by atoms with Crippen molar-refractivity contribution >= 4 is 38.5 Å². The van der Waals surface area contributed by atoms with Crippen LogP contribution in [0.2, 0.25) is 0 Å². The molecule has 0 aliphatic heterocycles. The third kappa shape index (κ3) is 2.33. The maximum atomic E-state index is 12.7. The third-order valence-electron chi connectivity index (χ3n) is 1.68. The van der Waals surface area contributed by atoms with E-state index in [2.05, 4.69) is 20.9 Å². The molecule has 0 aromatic carbocycles. The molecule has 0 saturated carbocycles. The maximum absolute atomic E-state index is 12.7. The van der Waals surface area contributed by atoms with Crippen molar-refractivity contribution in [1.82, 2.24) is 4.98 Å². The minimum Gasteiger partial charge on any atom is -0.481 e. The van der Waals surface area contributed by atoms with Gasteiger partial charge in [0, 0.05) is 15.1 Å². The van der Waals surface area contributed by atoms with Crippen LogP contribution in [0.1, 0.15) is 17.6 Å². The quantitative estimate of drug-likeness (QED) is 0.594. The van der Waals surface area contributed by atoms with Crippen molar-refractivity contribution in [3.8, 4) is 5.88 Å². The van der Waals surface area contributed by atoms with Crippen LogP contribution in [0.25, 0.3) is 0 Å². The molecule has 0 aliphatic rings. The van der Waals surface area contributed by atoms with Crippen LogP contribution >= 0.6 is 38.5 Å².